The molecule has 14 heteroatoms. The number of likely N-dealkylation sites (N-methyl/N-ethyl adjacent to an activating group) is 1. The van der Waals surface area contributed by atoms with Crippen LogP contribution in [0, 0.1) is 0 Å². The van der Waals surface area contributed by atoms with Gasteiger partial charge in [0.2, 0.25) is 0 Å². The topological polar surface area (TPSA) is 58.6 Å². The molecule has 0 saturated carbocycles. The number of likely N-dealkylation sites (tertiary alicyclic amines) is 1. The van der Waals surface area contributed by atoms with E-state index in [0.29, 0.717) is 24.4 Å². The van der Waals surface area contributed by atoms with E-state index in [0.717, 1.165) is 48.2 Å². The van der Waals surface area contributed by atoms with Crippen molar-refractivity contribution in [2.45, 2.75) is 39.6 Å². The number of hydrogen-bond acceptors (Lipinski definition) is 5. The fourth-order valence-electron chi connectivity index (χ4n) is 3.93. The smallest absolute Gasteiger partial charge is 0.419 e. The fourth-order valence-corrected chi connectivity index (χ4v) is 6.51. The number of hydrogen-bond donors (Lipinski definition) is 1. The zero-order valence-electron chi connectivity index (χ0n) is 20.1. The Bertz CT molecular complexity index is 1460. The van der Waals surface area contributed by atoms with Gasteiger partial charge in [0.05, 0.1) is 21.8 Å². The summed E-state index contributed by atoms with van der Waals surface area (Å²) in [4.78, 5) is 2.18. The molecule has 1 fully saturated rings. The van der Waals surface area contributed by atoms with Crippen LogP contribution < -0.4 is 9.46 Å². The van der Waals surface area contributed by atoms with Crippen LogP contribution in [0.5, 0.6) is 5.75 Å². The summed E-state index contributed by atoms with van der Waals surface area (Å²) in [6.07, 6.45) is -9.20. The first-order valence-corrected chi connectivity index (χ1v) is 14.0. The van der Waals surface area contributed by atoms with Gasteiger partial charge < -0.3 is 9.64 Å². The van der Waals surface area contributed by atoms with E-state index in [9.17, 15) is 34.8 Å². The van der Waals surface area contributed by atoms with Crippen molar-refractivity contribution in [3.63, 3.8) is 0 Å². The summed E-state index contributed by atoms with van der Waals surface area (Å²) in [6, 6.07) is 11.1. The van der Waals surface area contributed by atoms with Crippen molar-refractivity contribution >= 4 is 39.1 Å². The number of benzene rings is 3. The van der Waals surface area contributed by atoms with Gasteiger partial charge in [-0.05, 0) is 62.0 Å². The van der Waals surface area contributed by atoms with Crippen LogP contribution in [0.1, 0.15) is 17.5 Å². The second kappa shape index (κ2) is 11.1. The lowest BCUT2D eigenvalue weighted by Crippen LogP contribution is -2.23. The minimum absolute atomic E-state index is 0.164. The molecule has 4 rings (SSSR count). The van der Waals surface area contributed by atoms with E-state index in [2.05, 4.69) is 4.72 Å². The minimum atomic E-state index is -4.71. The number of sulfonamides is 1. The van der Waals surface area contributed by atoms with Crippen molar-refractivity contribution in [3.05, 3.63) is 76.8 Å². The monoisotopic (exact) mass is 610 g/mol. The Morgan fingerprint density at radius 2 is 1.69 bits per heavy atom. The van der Waals surface area contributed by atoms with E-state index in [-0.39, 0.29) is 20.5 Å². The van der Waals surface area contributed by atoms with Crippen molar-refractivity contribution in [2.75, 3.05) is 24.9 Å². The molecule has 1 N–H and O–H groups in total. The Morgan fingerprint density at radius 1 is 0.974 bits per heavy atom. The van der Waals surface area contributed by atoms with E-state index in [1.165, 1.54) is 24.3 Å². The van der Waals surface area contributed by atoms with Crippen molar-refractivity contribution in [3.8, 4) is 5.75 Å². The third-order valence-corrected chi connectivity index (χ3v) is 8.61. The average Bonchev–Trinajstić information content (AvgIpc) is 3.22. The average molecular weight is 611 g/mol. The molecule has 1 saturated heterocycles. The molecule has 39 heavy (non-hydrogen) atoms. The van der Waals surface area contributed by atoms with Crippen molar-refractivity contribution in [1.29, 1.82) is 0 Å². The Kier molecular flexibility index (Phi) is 8.36. The van der Waals surface area contributed by atoms with Crippen molar-refractivity contribution in [1.82, 2.24) is 4.90 Å². The number of anilines is 1. The zero-order valence-corrected chi connectivity index (χ0v) is 22.5. The molecule has 3 aromatic rings. The van der Waals surface area contributed by atoms with Crippen LogP contribution in [-0.4, -0.2) is 39.6 Å². The SMILES string of the molecule is CN1CC[C@@H](Oc2cc(NS(=O)(=O)c3ccc(Sc4cccc(C(F)(F)F)c4)cc3Cl)ccc2C(F)(F)F)C1. The predicted octanol–water partition coefficient (Wildman–Crippen LogP) is 7.41. The van der Waals surface area contributed by atoms with Crippen LogP contribution >= 0.6 is 23.4 Å². The van der Waals surface area contributed by atoms with Gasteiger partial charge in [-0.2, -0.15) is 26.3 Å². The first kappa shape index (κ1) is 29.4. The summed E-state index contributed by atoms with van der Waals surface area (Å²) in [6.45, 7) is 1.08. The molecule has 3 aromatic carbocycles. The maximum atomic E-state index is 13.6. The normalized spacial score (nSPS) is 16.9. The highest BCUT2D eigenvalue weighted by Crippen LogP contribution is 2.40. The first-order chi connectivity index (χ1) is 18.1. The standard InChI is InChI=1S/C25H21ClF6N2O3S2/c1-34-10-9-17(14-34)37-22-12-16(5-7-20(22)25(30,31)32)33-39(35,36)23-8-6-19(13-21(23)26)38-18-4-2-3-15(11-18)24(27,28)29/h2-8,11-13,17,33H,9-10,14H2,1H3/t17-/m1/s1. The third-order valence-electron chi connectivity index (χ3n) is 5.77. The molecule has 1 aliphatic heterocycles. The predicted molar refractivity (Wildman–Crippen MR) is 136 cm³/mol. The molecule has 0 bridgehead atoms. The number of halogens is 7. The molecule has 0 aliphatic carbocycles. The van der Waals surface area contributed by atoms with Gasteiger partial charge in [-0.1, -0.05) is 29.4 Å². The van der Waals surface area contributed by atoms with Gasteiger partial charge >= 0.3 is 12.4 Å². The van der Waals surface area contributed by atoms with Crippen LogP contribution in [0.2, 0.25) is 5.02 Å². The lowest BCUT2D eigenvalue weighted by atomic mass is 10.1. The van der Waals surface area contributed by atoms with E-state index >= 15 is 0 Å². The minimum Gasteiger partial charge on any atom is -0.488 e. The summed E-state index contributed by atoms with van der Waals surface area (Å²) in [7, 11) is -2.53. The third kappa shape index (κ3) is 7.33. The molecule has 1 aliphatic rings. The Hall–Kier alpha value is -2.61. The Balaban J connectivity index is 1.55. The zero-order chi connectivity index (χ0) is 28.6. The number of rotatable bonds is 7. The van der Waals surface area contributed by atoms with Crippen LogP contribution in [0.15, 0.2) is 75.4 Å². The fraction of sp³-hybridized carbons (Fsp3) is 0.280. The van der Waals surface area contributed by atoms with E-state index in [4.69, 9.17) is 16.3 Å². The summed E-state index contributed by atoms with van der Waals surface area (Å²) < 4.78 is 114. The quantitative estimate of drug-likeness (QED) is 0.282. The highest BCUT2D eigenvalue weighted by molar-refractivity contribution is 7.99. The van der Waals surface area contributed by atoms with Gasteiger partial charge in [-0.15, -0.1) is 0 Å². The molecular formula is C25H21ClF6N2O3S2. The molecule has 0 aromatic heterocycles. The van der Waals surface area contributed by atoms with Gasteiger partial charge in [-0.25, -0.2) is 8.42 Å². The lowest BCUT2D eigenvalue weighted by molar-refractivity contribution is -0.139. The number of alkyl halides is 6. The molecular weight excluding hydrogens is 590 g/mol. The molecule has 5 nitrogen and oxygen atoms in total. The number of nitrogens with one attached hydrogen (secondary N) is 1. The summed E-state index contributed by atoms with van der Waals surface area (Å²) in [5.41, 5.74) is -2.03. The lowest BCUT2D eigenvalue weighted by Gasteiger charge is -2.19. The summed E-state index contributed by atoms with van der Waals surface area (Å²) in [5.74, 6) is -0.498. The maximum Gasteiger partial charge on any atom is 0.419 e. The Morgan fingerprint density at radius 3 is 2.31 bits per heavy atom. The van der Waals surface area contributed by atoms with Gasteiger partial charge in [-0.3, -0.25) is 4.72 Å². The maximum absolute atomic E-state index is 13.6. The van der Waals surface area contributed by atoms with E-state index in [1.54, 1.807) is 0 Å². The van der Waals surface area contributed by atoms with Crippen LogP contribution in [0.3, 0.4) is 0 Å². The summed E-state index contributed by atoms with van der Waals surface area (Å²) in [5, 5.41) is -0.225. The second-order valence-corrected chi connectivity index (χ2v) is 12.0. The van der Waals surface area contributed by atoms with Gasteiger partial charge in [0.25, 0.3) is 10.0 Å². The van der Waals surface area contributed by atoms with Crippen molar-refractivity contribution < 1.29 is 39.5 Å². The van der Waals surface area contributed by atoms with E-state index in [1.807, 2.05) is 11.9 Å². The second-order valence-electron chi connectivity index (χ2n) is 8.82. The largest absolute Gasteiger partial charge is 0.488 e. The molecule has 1 heterocycles. The van der Waals surface area contributed by atoms with Crippen LogP contribution in [-0.2, 0) is 22.4 Å². The highest BCUT2D eigenvalue weighted by Gasteiger charge is 2.36. The van der Waals surface area contributed by atoms with E-state index < -0.39 is 45.4 Å². The van der Waals surface area contributed by atoms with Crippen molar-refractivity contribution in [2.24, 2.45) is 0 Å². The first-order valence-electron chi connectivity index (χ1n) is 11.4. The molecule has 1 atom stereocenters. The van der Waals surface area contributed by atoms with Gasteiger partial charge in [0.15, 0.2) is 0 Å². The Labute approximate surface area is 230 Å². The molecule has 210 valence electrons. The molecule has 0 spiro atoms. The van der Waals surface area contributed by atoms with Crippen LogP contribution in [0.25, 0.3) is 0 Å². The molecule has 0 unspecified atom stereocenters. The number of ether oxygens (including phenoxy) is 1. The summed E-state index contributed by atoms with van der Waals surface area (Å²) >= 11 is 7.15. The molecule has 0 amide bonds. The van der Waals surface area contributed by atoms with Gasteiger partial charge in [0, 0.05) is 28.9 Å². The van der Waals surface area contributed by atoms with Gasteiger partial charge in [0.1, 0.15) is 16.7 Å². The molecule has 0 radical (unpaired) electrons. The number of nitrogens with zero attached hydrogens (tertiary/aromatic N) is 1. The highest BCUT2D eigenvalue weighted by atomic mass is 35.5. The van der Waals surface area contributed by atoms with Crippen LogP contribution in [0.4, 0.5) is 32.0 Å².